The van der Waals surface area contributed by atoms with Crippen LogP contribution in [0.2, 0.25) is 0 Å². The fraction of sp³-hybridized carbons (Fsp3) is 0.222. The Bertz CT molecular complexity index is 576. The van der Waals surface area contributed by atoms with E-state index in [4.69, 9.17) is 0 Å². The van der Waals surface area contributed by atoms with Gasteiger partial charge in [-0.2, -0.15) is 0 Å². The highest BCUT2D eigenvalue weighted by Crippen LogP contribution is 2.19. The highest BCUT2D eigenvalue weighted by atomic mass is 14.9. The van der Waals surface area contributed by atoms with Gasteiger partial charge in [0.05, 0.1) is 0 Å². The maximum absolute atomic E-state index is 4.04. The van der Waals surface area contributed by atoms with Gasteiger partial charge in [0.25, 0.3) is 0 Å². The van der Waals surface area contributed by atoms with Gasteiger partial charge in [0, 0.05) is 12.2 Å². The second kappa shape index (κ2) is 5.75. The first kappa shape index (κ1) is 13.4. The van der Waals surface area contributed by atoms with Gasteiger partial charge in [-0.05, 0) is 55.2 Å². The summed E-state index contributed by atoms with van der Waals surface area (Å²) in [6.07, 6.45) is 0. The fourth-order valence-electron chi connectivity index (χ4n) is 2.36. The molecule has 98 valence electrons. The minimum atomic E-state index is 0.825. The molecular formula is C18H21N. The Hall–Kier alpha value is -2.02. The van der Waals surface area contributed by atoms with Crippen molar-refractivity contribution < 1.29 is 0 Å². The molecule has 19 heavy (non-hydrogen) atoms. The first-order valence-corrected chi connectivity index (χ1v) is 6.62. The normalized spacial score (nSPS) is 10.3. The molecule has 0 atom stereocenters. The highest BCUT2D eigenvalue weighted by Gasteiger charge is 2.02. The summed E-state index contributed by atoms with van der Waals surface area (Å²) in [7, 11) is 0. The van der Waals surface area contributed by atoms with Crippen LogP contribution < -0.4 is 5.32 Å². The van der Waals surface area contributed by atoms with Crippen LogP contribution in [0.5, 0.6) is 0 Å². The Kier molecular flexibility index (Phi) is 4.06. The molecule has 0 amide bonds. The van der Waals surface area contributed by atoms with E-state index in [1.54, 1.807) is 0 Å². The topological polar surface area (TPSA) is 12.0 Å². The molecular weight excluding hydrogens is 230 g/mol. The van der Waals surface area contributed by atoms with E-state index < -0.39 is 0 Å². The predicted molar refractivity (Wildman–Crippen MR) is 84.4 cm³/mol. The van der Waals surface area contributed by atoms with E-state index in [1.165, 1.54) is 27.9 Å². The number of aryl methyl sites for hydroxylation is 2. The van der Waals surface area contributed by atoms with Crippen molar-refractivity contribution in [3.8, 4) is 0 Å². The van der Waals surface area contributed by atoms with Crippen LogP contribution in [0.4, 0.5) is 5.69 Å². The lowest BCUT2D eigenvalue weighted by Crippen LogP contribution is -2.02. The Morgan fingerprint density at radius 1 is 1.05 bits per heavy atom. The van der Waals surface area contributed by atoms with E-state index in [1.807, 2.05) is 0 Å². The van der Waals surface area contributed by atoms with Crippen molar-refractivity contribution in [2.75, 3.05) is 5.32 Å². The molecule has 0 unspecified atom stereocenters. The average Bonchev–Trinajstić information content (AvgIpc) is 2.35. The molecule has 0 aliphatic rings. The molecule has 1 nitrogen and oxygen atoms in total. The molecule has 2 rings (SSSR count). The Labute approximate surface area is 116 Å². The second-order valence-corrected chi connectivity index (χ2v) is 5.17. The second-order valence-electron chi connectivity index (χ2n) is 5.17. The van der Waals surface area contributed by atoms with Gasteiger partial charge in [-0.3, -0.25) is 0 Å². The SMILES string of the molecule is C=C(C)c1ccccc1CNc1cc(C)cc(C)c1. The third-order valence-corrected chi connectivity index (χ3v) is 3.18. The quantitative estimate of drug-likeness (QED) is 0.810. The van der Waals surface area contributed by atoms with Crippen LogP contribution in [0, 0.1) is 13.8 Å². The van der Waals surface area contributed by atoms with Crippen molar-refractivity contribution in [3.05, 3.63) is 71.3 Å². The zero-order chi connectivity index (χ0) is 13.8. The number of benzene rings is 2. The molecule has 0 aliphatic heterocycles. The summed E-state index contributed by atoms with van der Waals surface area (Å²) < 4.78 is 0. The molecule has 0 saturated carbocycles. The summed E-state index contributed by atoms with van der Waals surface area (Å²) in [6, 6.07) is 15.0. The Morgan fingerprint density at radius 3 is 2.32 bits per heavy atom. The molecule has 0 heterocycles. The number of nitrogens with one attached hydrogen (secondary N) is 1. The molecule has 0 aliphatic carbocycles. The summed E-state index contributed by atoms with van der Waals surface area (Å²) >= 11 is 0. The smallest absolute Gasteiger partial charge is 0.0406 e. The van der Waals surface area contributed by atoms with E-state index >= 15 is 0 Å². The van der Waals surface area contributed by atoms with Gasteiger partial charge in [0.1, 0.15) is 0 Å². The van der Waals surface area contributed by atoms with E-state index in [-0.39, 0.29) is 0 Å². The van der Waals surface area contributed by atoms with Gasteiger partial charge in [-0.15, -0.1) is 0 Å². The van der Waals surface area contributed by atoms with E-state index in [9.17, 15) is 0 Å². The lowest BCUT2D eigenvalue weighted by Gasteiger charge is -2.12. The molecule has 0 fully saturated rings. The first-order chi connectivity index (χ1) is 9.06. The molecule has 2 aromatic rings. The molecule has 0 radical (unpaired) electrons. The van der Waals surface area contributed by atoms with Gasteiger partial charge in [0.2, 0.25) is 0 Å². The molecule has 0 saturated heterocycles. The molecule has 0 aromatic heterocycles. The molecule has 2 aromatic carbocycles. The first-order valence-electron chi connectivity index (χ1n) is 6.62. The molecule has 1 N–H and O–H groups in total. The van der Waals surface area contributed by atoms with Crippen LogP contribution in [0.25, 0.3) is 5.57 Å². The number of hydrogen-bond acceptors (Lipinski definition) is 1. The van der Waals surface area contributed by atoms with Gasteiger partial charge >= 0.3 is 0 Å². The highest BCUT2D eigenvalue weighted by molar-refractivity contribution is 5.65. The Morgan fingerprint density at radius 2 is 1.68 bits per heavy atom. The monoisotopic (exact) mass is 251 g/mol. The number of hydrogen-bond donors (Lipinski definition) is 1. The molecule has 0 spiro atoms. The lowest BCUT2D eigenvalue weighted by molar-refractivity contribution is 1.13. The molecule has 0 bridgehead atoms. The predicted octanol–water partition coefficient (Wildman–Crippen LogP) is 4.95. The summed E-state index contributed by atoms with van der Waals surface area (Å²) in [4.78, 5) is 0. The minimum Gasteiger partial charge on any atom is -0.381 e. The van der Waals surface area contributed by atoms with Gasteiger partial charge in [-0.1, -0.05) is 42.5 Å². The maximum atomic E-state index is 4.04. The summed E-state index contributed by atoms with van der Waals surface area (Å²) in [5.74, 6) is 0. The zero-order valence-electron chi connectivity index (χ0n) is 12.0. The number of allylic oxidation sites excluding steroid dienone is 1. The van der Waals surface area contributed by atoms with E-state index in [0.29, 0.717) is 0 Å². The number of rotatable bonds is 4. The molecule has 1 heteroatoms. The summed E-state index contributed by atoms with van der Waals surface area (Å²) in [5.41, 5.74) is 7.38. The summed E-state index contributed by atoms with van der Waals surface area (Å²) in [5, 5.41) is 3.50. The van der Waals surface area contributed by atoms with Crippen molar-refractivity contribution in [2.24, 2.45) is 0 Å². The van der Waals surface area contributed by atoms with Crippen molar-refractivity contribution >= 4 is 11.3 Å². The largest absolute Gasteiger partial charge is 0.381 e. The standard InChI is InChI=1S/C18H21N/c1-13(2)18-8-6-5-7-16(18)12-19-17-10-14(3)9-15(4)11-17/h5-11,19H,1,12H2,2-4H3. The van der Waals surface area contributed by atoms with Crippen molar-refractivity contribution in [3.63, 3.8) is 0 Å². The van der Waals surface area contributed by atoms with Crippen LogP contribution in [0.1, 0.15) is 29.2 Å². The van der Waals surface area contributed by atoms with Crippen molar-refractivity contribution in [1.29, 1.82) is 0 Å². The van der Waals surface area contributed by atoms with Crippen LogP contribution in [-0.4, -0.2) is 0 Å². The van der Waals surface area contributed by atoms with Crippen LogP contribution >= 0.6 is 0 Å². The van der Waals surface area contributed by atoms with E-state index in [2.05, 4.69) is 75.1 Å². The third kappa shape index (κ3) is 3.47. The van der Waals surface area contributed by atoms with Crippen molar-refractivity contribution in [1.82, 2.24) is 0 Å². The van der Waals surface area contributed by atoms with Crippen LogP contribution in [0.15, 0.2) is 49.0 Å². The third-order valence-electron chi connectivity index (χ3n) is 3.18. The fourth-order valence-corrected chi connectivity index (χ4v) is 2.36. The number of anilines is 1. The maximum Gasteiger partial charge on any atom is 0.0406 e. The summed E-state index contributed by atoms with van der Waals surface area (Å²) in [6.45, 7) is 11.2. The zero-order valence-corrected chi connectivity index (χ0v) is 12.0. The van der Waals surface area contributed by atoms with Crippen LogP contribution in [-0.2, 0) is 6.54 Å². The Balaban J connectivity index is 2.16. The lowest BCUT2D eigenvalue weighted by atomic mass is 10.0. The van der Waals surface area contributed by atoms with Gasteiger partial charge in [0.15, 0.2) is 0 Å². The van der Waals surface area contributed by atoms with Crippen molar-refractivity contribution in [2.45, 2.75) is 27.3 Å². The minimum absolute atomic E-state index is 0.825. The van der Waals surface area contributed by atoms with Gasteiger partial charge in [-0.25, -0.2) is 0 Å². The van der Waals surface area contributed by atoms with Gasteiger partial charge < -0.3 is 5.32 Å². The average molecular weight is 251 g/mol. The van der Waals surface area contributed by atoms with E-state index in [0.717, 1.165) is 12.1 Å². The van der Waals surface area contributed by atoms with Crippen LogP contribution in [0.3, 0.4) is 0 Å².